The van der Waals surface area contributed by atoms with Gasteiger partial charge in [0.2, 0.25) is 0 Å². The molecule has 6 unspecified atom stereocenters. The Morgan fingerprint density at radius 2 is 1.93 bits per heavy atom. The van der Waals surface area contributed by atoms with Crippen LogP contribution in [-0.2, 0) is 14.3 Å². The molecule has 0 aliphatic heterocycles. The third-order valence-electron chi connectivity index (χ3n) is 7.87. The average molecular weight is 364 g/mol. The average Bonchev–Trinajstić information content (AvgIpc) is 2.72. The Morgan fingerprint density at radius 3 is 2.78 bits per heavy atom. The lowest BCUT2D eigenvalue weighted by Crippen LogP contribution is -2.49. The predicted molar refractivity (Wildman–Crippen MR) is 104 cm³/mol. The van der Waals surface area contributed by atoms with Crippen LogP contribution in [0.5, 0.6) is 0 Å². The maximum Gasteiger partial charge on any atom is 0.316 e. The Balaban J connectivity index is 1.46. The van der Waals surface area contributed by atoms with Crippen molar-refractivity contribution in [3.8, 4) is 0 Å². The highest BCUT2D eigenvalue weighted by molar-refractivity contribution is 6.01. The molecule has 0 aromatic heterocycles. The number of rotatable bonds is 1. The Bertz CT molecular complexity index is 796. The minimum absolute atomic E-state index is 0.0639. The van der Waals surface area contributed by atoms with Gasteiger partial charge < -0.3 is 4.74 Å². The van der Waals surface area contributed by atoms with Gasteiger partial charge in [0.25, 0.3) is 0 Å². The van der Waals surface area contributed by atoms with Gasteiger partial charge in [-0.2, -0.15) is 0 Å². The number of fused-ring (bicyclic) bond motifs is 7. The molecule has 142 valence electrons. The third kappa shape index (κ3) is 2.61. The minimum atomic E-state index is -0.522. The summed E-state index contributed by atoms with van der Waals surface area (Å²) in [4.78, 5) is 25.4. The fourth-order valence-corrected chi connectivity index (χ4v) is 6.72. The lowest BCUT2D eigenvalue weighted by molar-refractivity contribution is -0.156. The number of hydrogen-bond donors (Lipinski definition) is 0. The maximum absolute atomic E-state index is 13.3. The molecule has 0 spiro atoms. The normalized spacial score (nSPS) is 39.7. The second kappa shape index (κ2) is 6.61. The molecule has 3 fully saturated rings. The number of ether oxygens (including phenoxy) is 1. The number of carbonyl (C=O) groups is 2. The summed E-state index contributed by atoms with van der Waals surface area (Å²) < 4.78 is 4.93. The van der Waals surface area contributed by atoms with Gasteiger partial charge in [0.1, 0.15) is 5.92 Å². The summed E-state index contributed by atoms with van der Waals surface area (Å²) in [7, 11) is 1.40. The predicted octanol–water partition coefficient (Wildman–Crippen LogP) is 4.56. The van der Waals surface area contributed by atoms with E-state index in [1.54, 1.807) is 5.57 Å². The number of esters is 1. The summed E-state index contributed by atoms with van der Waals surface area (Å²) in [6, 6.07) is 0. The summed E-state index contributed by atoms with van der Waals surface area (Å²) in [6.07, 6.45) is 18.8. The zero-order chi connectivity index (χ0) is 18.5. The quantitative estimate of drug-likeness (QED) is 0.506. The number of hydrogen-bond acceptors (Lipinski definition) is 3. The summed E-state index contributed by atoms with van der Waals surface area (Å²) in [6.45, 7) is 0. The zero-order valence-electron chi connectivity index (χ0n) is 16.0. The molecule has 3 nitrogen and oxygen atoms in total. The lowest BCUT2D eigenvalue weighted by Gasteiger charge is -2.51. The van der Waals surface area contributed by atoms with Crippen LogP contribution in [0.2, 0.25) is 0 Å². The van der Waals surface area contributed by atoms with Crippen molar-refractivity contribution >= 4 is 11.8 Å². The Kier molecular flexibility index (Phi) is 4.22. The number of Topliss-reactive ketones (excluding diaryl/α,β-unsaturated/α-hetero) is 1. The van der Waals surface area contributed by atoms with E-state index in [4.69, 9.17) is 4.74 Å². The van der Waals surface area contributed by atoms with Gasteiger partial charge in [0, 0.05) is 11.8 Å². The molecule has 0 aromatic carbocycles. The molecule has 3 heteroatoms. The molecule has 6 atom stereocenters. The van der Waals surface area contributed by atoms with E-state index in [1.807, 2.05) is 0 Å². The van der Waals surface area contributed by atoms with E-state index in [0.29, 0.717) is 30.1 Å². The lowest BCUT2D eigenvalue weighted by atomic mass is 9.52. The number of methoxy groups -OCH3 is 1. The van der Waals surface area contributed by atoms with E-state index < -0.39 is 5.92 Å². The Labute approximate surface area is 161 Å². The molecular weight excluding hydrogens is 336 g/mol. The van der Waals surface area contributed by atoms with Gasteiger partial charge in [-0.05, 0) is 73.8 Å². The van der Waals surface area contributed by atoms with Crippen molar-refractivity contribution in [3.05, 3.63) is 47.1 Å². The van der Waals surface area contributed by atoms with Gasteiger partial charge in [-0.15, -0.1) is 0 Å². The van der Waals surface area contributed by atoms with Gasteiger partial charge in [-0.1, -0.05) is 36.0 Å². The first kappa shape index (κ1) is 17.2. The molecule has 0 radical (unpaired) electrons. The molecule has 0 N–H and O–H groups in total. The van der Waals surface area contributed by atoms with Crippen molar-refractivity contribution in [1.29, 1.82) is 0 Å². The van der Waals surface area contributed by atoms with E-state index >= 15 is 0 Å². The molecule has 5 aliphatic carbocycles. The van der Waals surface area contributed by atoms with Crippen molar-refractivity contribution < 1.29 is 14.3 Å². The maximum atomic E-state index is 13.3. The molecule has 3 saturated carbocycles. The second-order valence-electron chi connectivity index (χ2n) is 8.91. The molecule has 0 amide bonds. The monoisotopic (exact) mass is 364 g/mol. The molecule has 0 saturated heterocycles. The molecule has 5 aliphatic rings. The van der Waals surface area contributed by atoms with Crippen LogP contribution in [-0.4, -0.2) is 18.9 Å². The van der Waals surface area contributed by atoms with Crippen LogP contribution in [0, 0.1) is 35.5 Å². The Hall–Kier alpha value is -1.90. The van der Waals surface area contributed by atoms with Crippen molar-refractivity contribution in [2.45, 2.75) is 44.9 Å². The van der Waals surface area contributed by atoms with E-state index in [1.165, 1.54) is 24.7 Å². The number of carbonyl (C=O) groups excluding carboxylic acids is 2. The van der Waals surface area contributed by atoms with Gasteiger partial charge in [0.05, 0.1) is 7.11 Å². The highest BCUT2D eigenvalue weighted by atomic mass is 16.5. The SMILES string of the molecule is COC(=O)C1CCC2CCC3C4=CC=C5C=CCC=C5C4CCC3C2C1=O. The molecule has 27 heavy (non-hydrogen) atoms. The largest absolute Gasteiger partial charge is 0.468 e. The summed E-state index contributed by atoms with van der Waals surface area (Å²) >= 11 is 0. The smallest absolute Gasteiger partial charge is 0.316 e. The van der Waals surface area contributed by atoms with E-state index in [-0.39, 0.29) is 17.7 Å². The number of allylic oxidation sites excluding steroid dienone is 8. The van der Waals surface area contributed by atoms with Crippen LogP contribution in [0.15, 0.2) is 47.1 Å². The van der Waals surface area contributed by atoms with Crippen LogP contribution >= 0.6 is 0 Å². The standard InChI is InChI=1S/C24H28O3/c1-27-24(26)21-11-8-15-7-10-19-18-9-6-14-4-2-3-5-16(14)17(18)12-13-20(19)22(15)23(21)25/h2,4-6,9,15,17,19-22H,3,7-8,10-13H2,1H3. The molecule has 0 bridgehead atoms. The molecule has 0 heterocycles. The summed E-state index contributed by atoms with van der Waals surface area (Å²) in [5.74, 6) is 1.35. The topological polar surface area (TPSA) is 43.4 Å². The highest BCUT2D eigenvalue weighted by Gasteiger charge is 2.52. The van der Waals surface area contributed by atoms with Crippen LogP contribution in [0.3, 0.4) is 0 Å². The van der Waals surface area contributed by atoms with Gasteiger partial charge in [0.15, 0.2) is 5.78 Å². The van der Waals surface area contributed by atoms with Crippen LogP contribution in [0.25, 0.3) is 0 Å². The molecule has 5 rings (SSSR count). The van der Waals surface area contributed by atoms with Crippen molar-refractivity contribution in [2.75, 3.05) is 7.11 Å². The van der Waals surface area contributed by atoms with E-state index in [0.717, 1.165) is 32.1 Å². The fourth-order valence-electron chi connectivity index (χ4n) is 6.72. The Morgan fingerprint density at radius 1 is 1.07 bits per heavy atom. The summed E-state index contributed by atoms with van der Waals surface area (Å²) in [5.41, 5.74) is 4.45. The van der Waals surface area contributed by atoms with Crippen molar-refractivity contribution in [3.63, 3.8) is 0 Å². The minimum Gasteiger partial charge on any atom is -0.468 e. The second-order valence-corrected chi connectivity index (χ2v) is 8.91. The zero-order valence-corrected chi connectivity index (χ0v) is 16.0. The van der Waals surface area contributed by atoms with Crippen molar-refractivity contribution in [1.82, 2.24) is 0 Å². The van der Waals surface area contributed by atoms with Gasteiger partial charge >= 0.3 is 5.97 Å². The van der Waals surface area contributed by atoms with Crippen LogP contribution < -0.4 is 0 Å². The first-order chi connectivity index (χ1) is 13.2. The first-order valence-corrected chi connectivity index (χ1v) is 10.6. The van der Waals surface area contributed by atoms with E-state index in [9.17, 15) is 9.59 Å². The van der Waals surface area contributed by atoms with Gasteiger partial charge in [-0.3, -0.25) is 9.59 Å². The van der Waals surface area contributed by atoms with E-state index in [2.05, 4.69) is 30.4 Å². The molecular formula is C24H28O3. The van der Waals surface area contributed by atoms with Gasteiger partial charge in [-0.25, -0.2) is 0 Å². The first-order valence-electron chi connectivity index (χ1n) is 10.6. The number of ketones is 1. The fraction of sp³-hybridized carbons (Fsp3) is 0.583. The van der Waals surface area contributed by atoms with Crippen LogP contribution in [0.4, 0.5) is 0 Å². The van der Waals surface area contributed by atoms with Crippen LogP contribution in [0.1, 0.15) is 44.9 Å². The third-order valence-corrected chi connectivity index (χ3v) is 7.87. The van der Waals surface area contributed by atoms with Crippen molar-refractivity contribution in [2.24, 2.45) is 35.5 Å². The highest BCUT2D eigenvalue weighted by Crippen LogP contribution is 2.56. The summed E-state index contributed by atoms with van der Waals surface area (Å²) in [5, 5.41) is 0. The molecule has 0 aromatic rings.